The Hall–Kier alpha value is -2.94. The summed E-state index contributed by atoms with van der Waals surface area (Å²) in [5, 5.41) is 2.83. The zero-order chi connectivity index (χ0) is 25.6. The zero-order valence-corrected chi connectivity index (χ0v) is 21.4. The zero-order valence-electron chi connectivity index (χ0n) is 20.6. The average Bonchev–Trinajstić information content (AvgIpc) is 2.71. The van der Waals surface area contributed by atoms with E-state index in [0.29, 0.717) is 17.7 Å². The highest BCUT2D eigenvalue weighted by Gasteiger charge is 2.32. The first kappa shape index (κ1) is 27.3. The third-order valence-electron chi connectivity index (χ3n) is 5.26. The number of hydrogen-bond donors (Lipinski definition) is 1. The van der Waals surface area contributed by atoms with Crippen molar-refractivity contribution in [3.05, 3.63) is 65.0 Å². The minimum absolute atomic E-state index is 0.0353. The molecule has 0 fully saturated rings. The molecule has 34 heavy (non-hydrogen) atoms. The van der Waals surface area contributed by atoms with Gasteiger partial charge in [-0.25, -0.2) is 12.8 Å². The summed E-state index contributed by atoms with van der Waals surface area (Å²) in [4.78, 5) is 27.9. The van der Waals surface area contributed by atoms with Crippen molar-refractivity contribution in [2.24, 2.45) is 0 Å². The number of anilines is 1. The fraction of sp³-hybridized carbons (Fsp3) is 0.440. The number of carbonyl (C=O) groups excluding carboxylic acids is 2. The van der Waals surface area contributed by atoms with Gasteiger partial charge in [0.1, 0.15) is 18.4 Å². The second kappa shape index (κ2) is 11.5. The highest BCUT2D eigenvalue weighted by molar-refractivity contribution is 7.92. The number of sulfonamides is 1. The van der Waals surface area contributed by atoms with Crippen LogP contribution >= 0.6 is 0 Å². The van der Waals surface area contributed by atoms with E-state index in [1.165, 1.54) is 17.0 Å². The molecule has 0 aliphatic rings. The number of aryl methyl sites for hydroxylation is 2. The first-order valence-electron chi connectivity index (χ1n) is 11.2. The minimum atomic E-state index is -3.79. The Morgan fingerprint density at radius 1 is 1.03 bits per heavy atom. The van der Waals surface area contributed by atoms with Gasteiger partial charge in [-0.1, -0.05) is 25.1 Å². The number of benzene rings is 2. The van der Waals surface area contributed by atoms with E-state index in [4.69, 9.17) is 0 Å². The molecule has 0 aliphatic heterocycles. The van der Waals surface area contributed by atoms with Gasteiger partial charge in [-0.2, -0.15) is 0 Å². The lowest BCUT2D eigenvalue weighted by molar-refractivity contribution is -0.140. The summed E-state index contributed by atoms with van der Waals surface area (Å²) in [7, 11) is -3.79. The molecule has 0 heterocycles. The maximum Gasteiger partial charge on any atom is 0.244 e. The van der Waals surface area contributed by atoms with E-state index in [-0.39, 0.29) is 18.5 Å². The molecule has 2 rings (SSSR count). The van der Waals surface area contributed by atoms with E-state index < -0.39 is 34.3 Å². The van der Waals surface area contributed by atoms with Crippen molar-refractivity contribution < 1.29 is 22.4 Å². The Kier molecular flexibility index (Phi) is 9.21. The topological polar surface area (TPSA) is 86.8 Å². The van der Waals surface area contributed by atoms with Crippen molar-refractivity contribution in [1.82, 2.24) is 10.2 Å². The van der Waals surface area contributed by atoms with Crippen LogP contribution in [0.1, 0.15) is 43.9 Å². The number of hydrogen-bond acceptors (Lipinski definition) is 4. The second-order valence-electron chi connectivity index (χ2n) is 8.85. The predicted molar refractivity (Wildman–Crippen MR) is 132 cm³/mol. The molecule has 0 saturated heterocycles. The lowest BCUT2D eigenvalue weighted by atomic mass is 10.1. The molecular weight excluding hydrogens is 457 g/mol. The molecule has 0 aromatic heterocycles. The van der Waals surface area contributed by atoms with E-state index in [2.05, 4.69) is 5.32 Å². The molecule has 2 aromatic rings. The smallest absolute Gasteiger partial charge is 0.244 e. The summed E-state index contributed by atoms with van der Waals surface area (Å²) in [5.74, 6) is -1.27. The highest BCUT2D eigenvalue weighted by Crippen LogP contribution is 2.22. The molecule has 0 unspecified atom stereocenters. The van der Waals surface area contributed by atoms with Gasteiger partial charge in [-0.05, 0) is 75.1 Å². The number of nitrogens with zero attached hydrogens (tertiary/aromatic N) is 2. The Morgan fingerprint density at radius 3 is 2.06 bits per heavy atom. The first-order chi connectivity index (χ1) is 15.8. The number of carbonyl (C=O) groups is 2. The summed E-state index contributed by atoms with van der Waals surface area (Å²) in [5.41, 5.74) is 2.74. The van der Waals surface area contributed by atoms with Gasteiger partial charge in [0.2, 0.25) is 21.8 Å². The summed E-state index contributed by atoms with van der Waals surface area (Å²) in [6.07, 6.45) is 1.37. The van der Waals surface area contributed by atoms with Crippen LogP contribution < -0.4 is 9.62 Å². The van der Waals surface area contributed by atoms with Crippen LogP contribution in [0.2, 0.25) is 0 Å². The van der Waals surface area contributed by atoms with Gasteiger partial charge in [-0.15, -0.1) is 0 Å². The Balaban J connectivity index is 2.46. The lowest BCUT2D eigenvalue weighted by Gasteiger charge is -2.33. The number of halogens is 1. The van der Waals surface area contributed by atoms with Crippen LogP contribution in [0.3, 0.4) is 0 Å². The van der Waals surface area contributed by atoms with Crippen molar-refractivity contribution in [1.29, 1.82) is 0 Å². The molecule has 9 heteroatoms. The molecule has 186 valence electrons. The lowest BCUT2D eigenvalue weighted by Crippen LogP contribution is -2.53. The summed E-state index contributed by atoms with van der Waals surface area (Å²) < 4.78 is 39.8. The van der Waals surface area contributed by atoms with Gasteiger partial charge in [0.15, 0.2) is 0 Å². The molecule has 0 saturated carbocycles. The van der Waals surface area contributed by atoms with Gasteiger partial charge in [0, 0.05) is 12.6 Å². The number of nitrogens with one attached hydrogen (secondary N) is 1. The summed E-state index contributed by atoms with van der Waals surface area (Å²) in [6, 6.07) is 10.0. The van der Waals surface area contributed by atoms with Crippen LogP contribution in [0.25, 0.3) is 0 Å². The largest absolute Gasteiger partial charge is 0.352 e. The Labute approximate surface area is 202 Å². The average molecular weight is 492 g/mol. The van der Waals surface area contributed by atoms with E-state index in [1.54, 1.807) is 31.2 Å². The molecule has 0 bridgehead atoms. The standard InChI is InChI=1S/C25H34FN3O4S/c1-7-23(25(31)27-17(2)3)28(15-20-8-10-21(26)11-9-20)24(30)16-29(34(6,32)33)22-13-18(4)12-19(5)14-22/h8-14,17,23H,7,15-16H2,1-6H3,(H,27,31)/t23-/m1/s1. The first-order valence-corrected chi connectivity index (χ1v) is 13.1. The summed E-state index contributed by atoms with van der Waals surface area (Å²) in [6.45, 7) is 8.70. The fourth-order valence-electron chi connectivity index (χ4n) is 3.80. The van der Waals surface area contributed by atoms with Crippen LogP contribution in [-0.2, 0) is 26.2 Å². The Bertz CT molecular complexity index is 1100. The third kappa shape index (κ3) is 7.55. The number of amides is 2. The van der Waals surface area contributed by atoms with Crippen LogP contribution in [0, 0.1) is 19.7 Å². The van der Waals surface area contributed by atoms with Gasteiger partial charge in [0.25, 0.3) is 0 Å². The summed E-state index contributed by atoms with van der Waals surface area (Å²) >= 11 is 0. The molecule has 0 spiro atoms. The monoisotopic (exact) mass is 491 g/mol. The normalized spacial score (nSPS) is 12.4. The van der Waals surface area contributed by atoms with Gasteiger partial charge >= 0.3 is 0 Å². The number of rotatable bonds is 10. The molecule has 2 amide bonds. The van der Waals surface area contributed by atoms with E-state index in [1.807, 2.05) is 33.8 Å². The Morgan fingerprint density at radius 2 is 1.59 bits per heavy atom. The SMILES string of the molecule is CC[C@H](C(=O)NC(C)C)N(Cc1ccc(F)cc1)C(=O)CN(c1cc(C)cc(C)c1)S(C)(=O)=O. The van der Waals surface area contributed by atoms with Gasteiger partial charge in [-0.3, -0.25) is 13.9 Å². The van der Waals surface area contributed by atoms with E-state index in [9.17, 15) is 22.4 Å². The molecule has 1 atom stereocenters. The van der Waals surface area contributed by atoms with Crippen LogP contribution in [0.5, 0.6) is 0 Å². The second-order valence-corrected chi connectivity index (χ2v) is 10.8. The van der Waals surface area contributed by atoms with Crippen LogP contribution in [0.15, 0.2) is 42.5 Å². The van der Waals surface area contributed by atoms with Crippen LogP contribution in [0.4, 0.5) is 10.1 Å². The van der Waals surface area contributed by atoms with Gasteiger partial charge < -0.3 is 10.2 Å². The fourth-order valence-corrected chi connectivity index (χ4v) is 4.63. The predicted octanol–water partition coefficient (Wildman–Crippen LogP) is 3.54. The van der Waals surface area contributed by atoms with Gasteiger partial charge in [0.05, 0.1) is 11.9 Å². The molecular formula is C25H34FN3O4S. The van der Waals surface area contributed by atoms with Crippen molar-refractivity contribution in [3.8, 4) is 0 Å². The molecule has 0 aliphatic carbocycles. The molecule has 7 nitrogen and oxygen atoms in total. The third-order valence-corrected chi connectivity index (χ3v) is 6.40. The van der Waals surface area contributed by atoms with Crippen molar-refractivity contribution >= 4 is 27.5 Å². The minimum Gasteiger partial charge on any atom is -0.352 e. The van der Waals surface area contributed by atoms with Crippen molar-refractivity contribution in [3.63, 3.8) is 0 Å². The molecule has 2 aromatic carbocycles. The maximum absolute atomic E-state index is 13.6. The molecule has 1 N–H and O–H groups in total. The quantitative estimate of drug-likeness (QED) is 0.551. The van der Waals surface area contributed by atoms with Crippen molar-refractivity contribution in [2.75, 3.05) is 17.1 Å². The maximum atomic E-state index is 13.6. The van der Waals surface area contributed by atoms with Crippen LogP contribution in [-0.4, -0.2) is 50.0 Å². The van der Waals surface area contributed by atoms with Crippen molar-refractivity contribution in [2.45, 2.75) is 59.7 Å². The highest BCUT2D eigenvalue weighted by atomic mass is 32.2. The molecule has 0 radical (unpaired) electrons. The van der Waals surface area contributed by atoms with E-state index in [0.717, 1.165) is 21.7 Å². The van der Waals surface area contributed by atoms with E-state index >= 15 is 0 Å².